The van der Waals surface area contributed by atoms with Gasteiger partial charge in [-0.05, 0) is 17.8 Å². The van der Waals surface area contributed by atoms with Crippen LogP contribution >= 0.6 is 0 Å². The summed E-state index contributed by atoms with van der Waals surface area (Å²) in [6.45, 7) is 10.0. The van der Waals surface area contributed by atoms with Gasteiger partial charge in [0.05, 0.1) is 12.2 Å². The molecule has 0 aliphatic heterocycles. The topological polar surface area (TPSA) is 40.5 Å². The largest absolute Gasteiger partial charge is 0.390 e. The van der Waals surface area contributed by atoms with Gasteiger partial charge >= 0.3 is 0 Å². The molecule has 0 rings (SSSR count). The highest BCUT2D eigenvalue weighted by Gasteiger charge is 2.24. The Morgan fingerprint density at radius 2 is 1.50 bits per heavy atom. The lowest BCUT2D eigenvalue weighted by Gasteiger charge is -2.27. The first kappa shape index (κ1) is 11.9. The predicted molar refractivity (Wildman–Crippen MR) is 50.9 cm³/mol. The SMILES string of the molecule is CC(C)C(O)C(O)CC(C)(C)C. The lowest BCUT2D eigenvalue weighted by atomic mass is 9.85. The summed E-state index contributed by atoms with van der Waals surface area (Å²) in [5, 5.41) is 19.1. The summed E-state index contributed by atoms with van der Waals surface area (Å²) < 4.78 is 0. The van der Waals surface area contributed by atoms with Gasteiger partial charge in [-0.2, -0.15) is 0 Å². The molecule has 0 aliphatic rings. The van der Waals surface area contributed by atoms with Crippen molar-refractivity contribution in [2.24, 2.45) is 11.3 Å². The smallest absolute Gasteiger partial charge is 0.0822 e. The highest BCUT2D eigenvalue weighted by molar-refractivity contribution is 4.75. The fraction of sp³-hybridized carbons (Fsp3) is 1.00. The van der Waals surface area contributed by atoms with Crippen molar-refractivity contribution in [3.63, 3.8) is 0 Å². The summed E-state index contributed by atoms with van der Waals surface area (Å²) in [6, 6.07) is 0. The molecule has 74 valence electrons. The van der Waals surface area contributed by atoms with E-state index in [1.807, 2.05) is 13.8 Å². The molecule has 2 unspecified atom stereocenters. The minimum atomic E-state index is -0.593. The Hall–Kier alpha value is -0.0800. The fourth-order valence-corrected chi connectivity index (χ4v) is 1.19. The van der Waals surface area contributed by atoms with Crippen molar-refractivity contribution < 1.29 is 10.2 Å². The summed E-state index contributed by atoms with van der Waals surface area (Å²) >= 11 is 0. The molecule has 0 bridgehead atoms. The molecule has 2 heteroatoms. The first-order valence-corrected chi connectivity index (χ1v) is 4.60. The van der Waals surface area contributed by atoms with Crippen LogP contribution in [0.15, 0.2) is 0 Å². The van der Waals surface area contributed by atoms with Crippen LogP contribution in [0.25, 0.3) is 0 Å². The Kier molecular flexibility index (Phi) is 4.21. The van der Waals surface area contributed by atoms with Crippen molar-refractivity contribution in [3.05, 3.63) is 0 Å². The second-order valence-corrected chi connectivity index (χ2v) is 5.07. The summed E-state index contributed by atoms with van der Waals surface area (Å²) in [7, 11) is 0. The van der Waals surface area contributed by atoms with Gasteiger partial charge in [-0.1, -0.05) is 34.6 Å². The normalized spacial score (nSPS) is 18.0. The second kappa shape index (κ2) is 4.24. The average molecular weight is 174 g/mol. The lowest BCUT2D eigenvalue weighted by Crippen LogP contribution is -2.33. The maximum absolute atomic E-state index is 9.57. The monoisotopic (exact) mass is 174 g/mol. The van der Waals surface area contributed by atoms with Crippen LogP contribution < -0.4 is 0 Å². The van der Waals surface area contributed by atoms with Gasteiger partial charge in [0.1, 0.15) is 0 Å². The van der Waals surface area contributed by atoms with E-state index in [2.05, 4.69) is 20.8 Å². The van der Waals surface area contributed by atoms with Gasteiger partial charge in [0.2, 0.25) is 0 Å². The highest BCUT2D eigenvalue weighted by Crippen LogP contribution is 2.23. The Bertz CT molecular complexity index is 124. The third-order valence-corrected chi connectivity index (χ3v) is 1.90. The molecule has 2 atom stereocenters. The predicted octanol–water partition coefficient (Wildman–Crippen LogP) is 1.80. The minimum absolute atomic E-state index is 0.0787. The van der Waals surface area contributed by atoms with Crippen LogP contribution in [0.5, 0.6) is 0 Å². The fourth-order valence-electron chi connectivity index (χ4n) is 1.19. The van der Waals surface area contributed by atoms with Crippen molar-refractivity contribution in [3.8, 4) is 0 Å². The molecule has 2 N–H and O–H groups in total. The second-order valence-electron chi connectivity index (χ2n) is 5.07. The van der Waals surface area contributed by atoms with Gasteiger partial charge in [0.15, 0.2) is 0 Å². The first-order chi connectivity index (χ1) is 5.24. The number of rotatable bonds is 3. The van der Waals surface area contributed by atoms with Crippen LogP contribution in [0.4, 0.5) is 0 Å². The Labute approximate surface area is 75.6 Å². The Morgan fingerprint density at radius 1 is 1.08 bits per heavy atom. The molecule has 12 heavy (non-hydrogen) atoms. The van der Waals surface area contributed by atoms with Crippen molar-refractivity contribution in [1.29, 1.82) is 0 Å². The molecule has 0 fully saturated rings. The van der Waals surface area contributed by atoms with Crippen LogP contribution in [0.2, 0.25) is 0 Å². The van der Waals surface area contributed by atoms with E-state index in [1.54, 1.807) is 0 Å². The van der Waals surface area contributed by atoms with E-state index in [1.165, 1.54) is 0 Å². The molecule has 0 amide bonds. The standard InChI is InChI=1S/C10H22O2/c1-7(2)9(12)8(11)6-10(3,4)5/h7-9,11-12H,6H2,1-5H3. The number of hydrogen-bond donors (Lipinski definition) is 2. The van der Waals surface area contributed by atoms with Crippen LogP contribution in [-0.4, -0.2) is 22.4 Å². The summed E-state index contributed by atoms with van der Waals surface area (Å²) in [5.41, 5.74) is 0.0787. The van der Waals surface area contributed by atoms with Crippen molar-refractivity contribution >= 4 is 0 Å². The zero-order valence-corrected chi connectivity index (χ0v) is 8.83. The number of hydrogen-bond acceptors (Lipinski definition) is 2. The third kappa shape index (κ3) is 4.73. The van der Waals surface area contributed by atoms with Crippen LogP contribution in [0.3, 0.4) is 0 Å². The van der Waals surface area contributed by atoms with Crippen molar-refractivity contribution in [2.45, 2.75) is 53.2 Å². The molecule has 0 saturated heterocycles. The molecular weight excluding hydrogens is 152 g/mol. The van der Waals surface area contributed by atoms with E-state index in [9.17, 15) is 10.2 Å². The third-order valence-electron chi connectivity index (χ3n) is 1.90. The number of aliphatic hydroxyl groups is 2. The maximum atomic E-state index is 9.57. The van der Waals surface area contributed by atoms with Gasteiger partial charge < -0.3 is 10.2 Å². The van der Waals surface area contributed by atoms with Gasteiger partial charge in [0, 0.05) is 0 Å². The molecule has 0 aromatic heterocycles. The Morgan fingerprint density at radius 3 is 1.75 bits per heavy atom. The average Bonchev–Trinajstić information content (AvgIpc) is 1.82. The highest BCUT2D eigenvalue weighted by atomic mass is 16.3. The molecule has 2 nitrogen and oxygen atoms in total. The molecule has 0 spiro atoms. The van der Waals surface area contributed by atoms with Gasteiger partial charge in [-0.15, -0.1) is 0 Å². The number of aliphatic hydroxyl groups excluding tert-OH is 2. The van der Waals surface area contributed by atoms with Gasteiger partial charge in [0.25, 0.3) is 0 Å². The van der Waals surface area contributed by atoms with E-state index in [0.29, 0.717) is 6.42 Å². The van der Waals surface area contributed by atoms with Gasteiger partial charge in [-0.25, -0.2) is 0 Å². The summed E-state index contributed by atoms with van der Waals surface area (Å²) in [4.78, 5) is 0. The Balaban J connectivity index is 3.95. The van der Waals surface area contributed by atoms with E-state index in [4.69, 9.17) is 0 Å². The van der Waals surface area contributed by atoms with Crippen molar-refractivity contribution in [2.75, 3.05) is 0 Å². The molecule has 0 aromatic rings. The molecule has 0 aromatic carbocycles. The zero-order valence-electron chi connectivity index (χ0n) is 8.83. The lowest BCUT2D eigenvalue weighted by molar-refractivity contribution is -0.0273. The van der Waals surface area contributed by atoms with Crippen molar-refractivity contribution in [1.82, 2.24) is 0 Å². The summed E-state index contributed by atoms with van der Waals surface area (Å²) in [6.07, 6.45) is -0.541. The van der Waals surface area contributed by atoms with E-state index >= 15 is 0 Å². The van der Waals surface area contributed by atoms with E-state index in [0.717, 1.165) is 0 Å². The molecule has 0 heterocycles. The first-order valence-electron chi connectivity index (χ1n) is 4.60. The van der Waals surface area contributed by atoms with Gasteiger partial charge in [-0.3, -0.25) is 0 Å². The maximum Gasteiger partial charge on any atom is 0.0822 e. The molecule has 0 radical (unpaired) electrons. The molecule has 0 saturated carbocycles. The minimum Gasteiger partial charge on any atom is -0.390 e. The quantitative estimate of drug-likeness (QED) is 0.685. The van der Waals surface area contributed by atoms with Crippen LogP contribution in [0, 0.1) is 11.3 Å². The molecule has 0 aliphatic carbocycles. The van der Waals surface area contributed by atoms with E-state index in [-0.39, 0.29) is 11.3 Å². The van der Waals surface area contributed by atoms with Crippen LogP contribution in [0.1, 0.15) is 41.0 Å². The zero-order chi connectivity index (χ0) is 9.94. The summed E-state index contributed by atoms with van der Waals surface area (Å²) in [5.74, 6) is 0.127. The van der Waals surface area contributed by atoms with E-state index < -0.39 is 12.2 Å². The molecular formula is C10H22O2. The van der Waals surface area contributed by atoms with Crippen LogP contribution in [-0.2, 0) is 0 Å².